The van der Waals surface area contributed by atoms with Gasteiger partial charge in [0.2, 0.25) is 0 Å². The maximum absolute atomic E-state index is 12.5. The third-order valence-corrected chi connectivity index (χ3v) is 6.07. The Hall–Kier alpha value is -4.07. The minimum absolute atomic E-state index is 0.0100. The predicted octanol–water partition coefficient (Wildman–Crippen LogP) is 6.00. The van der Waals surface area contributed by atoms with Gasteiger partial charge in [-0.1, -0.05) is 26.0 Å². The Morgan fingerprint density at radius 3 is 2.00 bits per heavy atom. The van der Waals surface area contributed by atoms with Crippen LogP contribution in [0.5, 0.6) is 17.2 Å². The van der Waals surface area contributed by atoms with E-state index in [0.29, 0.717) is 61.0 Å². The fraction of sp³-hybridized carbons (Fsp3) is 0.387. The molecule has 208 valence electrons. The quantitative estimate of drug-likeness (QED) is 0.105. The second kappa shape index (κ2) is 16.0. The van der Waals surface area contributed by atoms with E-state index in [4.69, 9.17) is 23.7 Å². The molecule has 0 bridgehead atoms. The van der Waals surface area contributed by atoms with Gasteiger partial charge in [0.05, 0.1) is 25.4 Å². The number of benzene rings is 2. The number of ether oxygens (including phenoxy) is 5. The van der Waals surface area contributed by atoms with Crippen molar-refractivity contribution in [2.45, 2.75) is 57.5 Å². The molecule has 1 heterocycles. The minimum atomic E-state index is -0.458. The zero-order valence-electron chi connectivity index (χ0n) is 22.2. The standard InChI is InChI=1S/C31H36O8/c1-3-29(32)37-21-9-8-20-36-26-15-17-27(18-16-26)38-31(34)24-11-13-25(14-12-24)35-19-7-5-4-6-10-28-22-23(2)30(33)39-28/h3,11-18,28H,1-2,4-10,19-22H2. The van der Waals surface area contributed by atoms with Gasteiger partial charge in [0.15, 0.2) is 0 Å². The Morgan fingerprint density at radius 1 is 0.821 bits per heavy atom. The molecule has 1 fully saturated rings. The highest BCUT2D eigenvalue weighted by atomic mass is 16.6. The fourth-order valence-electron chi connectivity index (χ4n) is 3.90. The Morgan fingerprint density at radius 2 is 1.38 bits per heavy atom. The van der Waals surface area contributed by atoms with Crippen LogP contribution >= 0.6 is 0 Å². The van der Waals surface area contributed by atoms with E-state index in [-0.39, 0.29) is 12.1 Å². The maximum atomic E-state index is 12.5. The van der Waals surface area contributed by atoms with Gasteiger partial charge >= 0.3 is 17.9 Å². The summed E-state index contributed by atoms with van der Waals surface area (Å²) in [5, 5.41) is 0. The van der Waals surface area contributed by atoms with Crippen molar-refractivity contribution < 1.29 is 38.1 Å². The van der Waals surface area contributed by atoms with Crippen LogP contribution in [0.1, 0.15) is 61.7 Å². The largest absolute Gasteiger partial charge is 0.494 e. The Kier molecular flexibility index (Phi) is 12.1. The van der Waals surface area contributed by atoms with Crippen molar-refractivity contribution in [3.05, 3.63) is 78.9 Å². The van der Waals surface area contributed by atoms with Crippen molar-refractivity contribution in [1.29, 1.82) is 0 Å². The summed E-state index contributed by atoms with van der Waals surface area (Å²) >= 11 is 0. The molecule has 0 aliphatic carbocycles. The topological polar surface area (TPSA) is 97.4 Å². The van der Waals surface area contributed by atoms with E-state index >= 15 is 0 Å². The number of cyclic esters (lactones) is 1. The summed E-state index contributed by atoms with van der Waals surface area (Å²) in [7, 11) is 0. The highest BCUT2D eigenvalue weighted by molar-refractivity contribution is 5.91. The van der Waals surface area contributed by atoms with Crippen LogP contribution in [0.3, 0.4) is 0 Å². The van der Waals surface area contributed by atoms with Crippen LogP contribution in [0.4, 0.5) is 0 Å². The number of carbonyl (C=O) groups excluding carboxylic acids is 3. The van der Waals surface area contributed by atoms with Crippen LogP contribution in [0.15, 0.2) is 73.3 Å². The Bertz CT molecular complexity index is 1090. The smallest absolute Gasteiger partial charge is 0.343 e. The van der Waals surface area contributed by atoms with Crippen LogP contribution in [0.2, 0.25) is 0 Å². The molecule has 0 radical (unpaired) electrons. The number of carbonyl (C=O) groups is 3. The van der Waals surface area contributed by atoms with E-state index in [2.05, 4.69) is 13.2 Å². The number of esters is 3. The first-order valence-electron chi connectivity index (χ1n) is 13.3. The van der Waals surface area contributed by atoms with Gasteiger partial charge in [-0.05, 0) is 80.6 Å². The molecule has 0 saturated carbocycles. The van der Waals surface area contributed by atoms with E-state index in [1.165, 1.54) is 0 Å². The molecule has 2 aromatic rings. The van der Waals surface area contributed by atoms with E-state index in [1.807, 2.05) is 0 Å². The molecule has 0 aromatic heterocycles. The molecule has 1 unspecified atom stereocenters. The lowest BCUT2D eigenvalue weighted by Gasteiger charge is -2.09. The molecule has 8 nitrogen and oxygen atoms in total. The molecule has 0 N–H and O–H groups in total. The summed E-state index contributed by atoms with van der Waals surface area (Å²) in [5.41, 5.74) is 0.998. The van der Waals surface area contributed by atoms with Crippen LogP contribution in [0.25, 0.3) is 0 Å². The highest BCUT2D eigenvalue weighted by Crippen LogP contribution is 2.23. The third-order valence-electron chi connectivity index (χ3n) is 6.07. The molecule has 1 aliphatic heterocycles. The fourth-order valence-corrected chi connectivity index (χ4v) is 3.90. The highest BCUT2D eigenvalue weighted by Gasteiger charge is 2.26. The van der Waals surface area contributed by atoms with Crippen LogP contribution in [-0.2, 0) is 19.1 Å². The maximum Gasteiger partial charge on any atom is 0.343 e. The molecule has 1 aliphatic rings. The molecular formula is C31H36O8. The zero-order valence-corrected chi connectivity index (χ0v) is 22.2. The van der Waals surface area contributed by atoms with Crippen LogP contribution in [0, 0.1) is 0 Å². The normalized spacial score (nSPS) is 14.4. The molecule has 1 saturated heterocycles. The molecule has 0 spiro atoms. The average Bonchev–Trinajstić information content (AvgIpc) is 3.27. The van der Waals surface area contributed by atoms with Gasteiger partial charge in [0.1, 0.15) is 23.4 Å². The van der Waals surface area contributed by atoms with Gasteiger partial charge in [0, 0.05) is 18.1 Å². The summed E-state index contributed by atoms with van der Waals surface area (Å²) in [4.78, 5) is 34.8. The van der Waals surface area contributed by atoms with E-state index in [0.717, 1.165) is 44.6 Å². The Labute approximate surface area is 229 Å². The average molecular weight is 537 g/mol. The molecule has 2 aromatic carbocycles. The minimum Gasteiger partial charge on any atom is -0.494 e. The van der Waals surface area contributed by atoms with Crippen molar-refractivity contribution in [2.75, 3.05) is 19.8 Å². The van der Waals surface area contributed by atoms with Crippen molar-refractivity contribution in [2.24, 2.45) is 0 Å². The lowest BCUT2D eigenvalue weighted by atomic mass is 10.1. The molecule has 0 amide bonds. The second-order valence-corrected chi connectivity index (χ2v) is 9.20. The summed E-state index contributed by atoms with van der Waals surface area (Å²) < 4.78 is 27.0. The first kappa shape index (κ1) is 29.5. The zero-order chi connectivity index (χ0) is 27.9. The monoisotopic (exact) mass is 536 g/mol. The van der Waals surface area contributed by atoms with Crippen molar-refractivity contribution in [3.8, 4) is 17.2 Å². The lowest BCUT2D eigenvalue weighted by molar-refractivity contribution is -0.139. The first-order chi connectivity index (χ1) is 18.9. The van der Waals surface area contributed by atoms with E-state index < -0.39 is 11.9 Å². The van der Waals surface area contributed by atoms with Crippen molar-refractivity contribution >= 4 is 17.9 Å². The van der Waals surface area contributed by atoms with E-state index in [1.54, 1.807) is 48.5 Å². The van der Waals surface area contributed by atoms with Gasteiger partial charge in [-0.2, -0.15) is 0 Å². The molecule has 3 rings (SSSR count). The van der Waals surface area contributed by atoms with E-state index in [9.17, 15) is 14.4 Å². The molecule has 39 heavy (non-hydrogen) atoms. The van der Waals surface area contributed by atoms with Crippen LogP contribution in [-0.4, -0.2) is 43.8 Å². The Balaban J connectivity index is 1.27. The molecular weight excluding hydrogens is 500 g/mol. The summed E-state index contributed by atoms with van der Waals surface area (Å²) in [5.74, 6) is 0.625. The third kappa shape index (κ3) is 10.7. The van der Waals surface area contributed by atoms with Gasteiger partial charge in [-0.3, -0.25) is 0 Å². The lowest BCUT2D eigenvalue weighted by Crippen LogP contribution is -2.08. The van der Waals surface area contributed by atoms with Gasteiger partial charge in [-0.15, -0.1) is 0 Å². The van der Waals surface area contributed by atoms with Gasteiger partial charge in [0.25, 0.3) is 0 Å². The molecule has 1 atom stereocenters. The van der Waals surface area contributed by atoms with Crippen molar-refractivity contribution in [3.63, 3.8) is 0 Å². The van der Waals surface area contributed by atoms with Gasteiger partial charge in [-0.25, -0.2) is 14.4 Å². The second-order valence-electron chi connectivity index (χ2n) is 9.20. The summed E-state index contributed by atoms with van der Waals surface area (Å²) in [6.45, 7) is 8.46. The number of hydrogen-bond acceptors (Lipinski definition) is 8. The summed E-state index contributed by atoms with van der Waals surface area (Å²) in [6, 6.07) is 13.7. The number of hydrogen-bond donors (Lipinski definition) is 0. The van der Waals surface area contributed by atoms with Crippen molar-refractivity contribution in [1.82, 2.24) is 0 Å². The predicted molar refractivity (Wildman–Crippen MR) is 146 cm³/mol. The molecule has 8 heteroatoms. The first-order valence-corrected chi connectivity index (χ1v) is 13.3. The van der Waals surface area contributed by atoms with Crippen LogP contribution < -0.4 is 14.2 Å². The number of unbranched alkanes of at least 4 members (excludes halogenated alkanes) is 4. The summed E-state index contributed by atoms with van der Waals surface area (Å²) in [6.07, 6.45) is 8.09. The SMILES string of the molecule is C=CC(=O)OCCCCOc1ccc(OC(=O)c2ccc(OCCCCCCC3CC(=C)C(=O)O3)cc2)cc1. The van der Waals surface area contributed by atoms with Gasteiger partial charge < -0.3 is 23.7 Å². The number of rotatable bonds is 17.